The van der Waals surface area contributed by atoms with Gasteiger partial charge in [0.05, 0.1) is 0 Å². The van der Waals surface area contributed by atoms with Crippen LogP contribution in [0, 0.1) is 0 Å². The van der Waals surface area contributed by atoms with E-state index in [2.05, 4.69) is 53.6 Å². The molecule has 0 radical (unpaired) electrons. The van der Waals surface area contributed by atoms with Gasteiger partial charge in [-0.15, -0.1) is 0 Å². The minimum absolute atomic E-state index is 0.0615. The van der Waals surface area contributed by atoms with Crippen molar-refractivity contribution in [2.75, 3.05) is 17.2 Å². The summed E-state index contributed by atoms with van der Waals surface area (Å²) in [4.78, 5) is 2.30. The minimum Gasteiger partial charge on any atom is -0.362 e. The lowest BCUT2D eigenvalue weighted by molar-refractivity contribution is 0.228. The van der Waals surface area contributed by atoms with E-state index < -0.39 is 0 Å². The molecule has 0 bridgehead atoms. The average molecular weight is 323 g/mol. The summed E-state index contributed by atoms with van der Waals surface area (Å²) in [6, 6.07) is 18.7. The molecule has 2 heterocycles. The zero-order chi connectivity index (χ0) is 16.1. The third kappa shape index (κ3) is 1.98. The molecular weight excluding hydrogens is 302 g/mol. The highest BCUT2D eigenvalue weighted by Gasteiger charge is 2.59. The third-order valence-corrected chi connectivity index (χ3v) is 5.94. The molecule has 2 aliphatic heterocycles. The van der Waals surface area contributed by atoms with E-state index in [0.29, 0.717) is 0 Å². The SMILES string of the molecule is CC12CCN(C(=S)Nc3ccccc3)C1(C)Nc1ccccc12. The largest absolute Gasteiger partial charge is 0.362 e. The molecule has 2 aromatic carbocycles. The standard InChI is InChI=1S/C19H21N3S/c1-18-12-13-22(17(23)20-14-8-4-3-5-9-14)19(18,2)21-16-11-7-6-10-15(16)18/h3-11,21H,12-13H2,1-2H3,(H,20,23). The summed E-state index contributed by atoms with van der Waals surface area (Å²) >= 11 is 5.73. The molecule has 3 nitrogen and oxygen atoms in total. The molecule has 4 heteroatoms. The Balaban J connectivity index is 1.65. The van der Waals surface area contributed by atoms with Gasteiger partial charge in [0, 0.05) is 23.3 Å². The number of nitrogens with one attached hydrogen (secondary N) is 2. The molecular formula is C19H21N3S. The van der Waals surface area contributed by atoms with E-state index in [1.807, 2.05) is 30.3 Å². The molecule has 2 aromatic rings. The second-order valence-electron chi connectivity index (χ2n) is 6.77. The first-order valence-electron chi connectivity index (χ1n) is 8.06. The summed E-state index contributed by atoms with van der Waals surface area (Å²) in [6.45, 7) is 5.56. The van der Waals surface area contributed by atoms with Crippen molar-refractivity contribution in [3.05, 3.63) is 60.2 Å². The van der Waals surface area contributed by atoms with Crippen LogP contribution >= 0.6 is 12.2 Å². The molecule has 0 saturated carbocycles. The van der Waals surface area contributed by atoms with E-state index in [4.69, 9.17) is 12.2 Å². The number of hydrogen-bond acceptors (Lipinski definition) is 2. The first-order chi connectivity index (χ1) is 11.0. The fraction of sp³-hybridized carbons (Fsp3) is 0.316. The van der Waals surface area contributed by atoms with Crippen LogP contribution in [0.25, 0.3) is 0 Å². The highest BCUT2D eigenvalue weighted by Crippen LogP contribution is 2.54. The van der Waals surface area contributed by atoms with E-state index in [-0.39, 0.29) is 11.1 Å². The maximum Gasteiger partial charge on any atom is 0.175 e. The van der Waals surface area contributed by atoms with Gasteiger partial charge in [-0.25, -0.2) is 0 Å². The summed E-state index contributed by atoms with van der Waals surface area (Å²) in [6.07, 6.45) is 1.09. The van der Waals surface area contributed by atoms with Crippen molar-refractivity contribution < 1.29 is 0 Å². The van der Waals surface area contributed by atoms with Gasteiger partial charge in [-0.3, -0.25) is 0 Å². The summed E-state index contributed by atoms with van der Waals surface area (Å²) in [5.74, 6) is 0. The molecule has 0 aliphatic carbocycles. The van der Waals surface area contributed by atoms with Gasteiger partial charge >= 0.3 is 0 Å². The van der Waals surface area contributed by atoms with Crippen LogP contribution in [-0.2, 0) is 5.41 Å². The third-order valence-electron chi connectivity index (χ3n) is 5.62. The van der Waals surface area contributed by atoms with Gasteiger partial charge in [-0.2, -0.15) is 0 Å². The zero-order valence-electron chi connectivity index (χ0n) is 13.5. The monoisotopic (exact) mass is 323 g/mol. The molecule has 23 heavy (non-hydrogen) atoms. The average Bonchev–Trinajstić information content (AvgIpc) is 2.93. The Hall–Kier alpha value is -2.07. The molecule has 2 aliphatic rings. The van der Waals surface area contributed by atoms with E-state index >= 15 is 0 Å². The lowest BCUT2D eigenvalue weighted by atomic mass is 9.75. The predicted octanol–water partition coefficient (Wildman–Crippen LogP) is 4.19. The highest BCUT2D eigenvalue weighted by molar-refractivity contribution is 7.80. The van der Waals surface area contributed by atoms with Crippen molar-refractivity contribution >= 4 is 28.7 Å². The van der Waals surface area contributed by atoms with Gasteiger partial charge in [0.1, 0.15) is 5.66 Å². The number of para-hydroxylation sites is 2. The van der Waals surface area contributed by atoms with Crippen molar-refractivity contribution in [1.82, 2.24) is 4.90 Å². The van der Waals surface area contributed by atoms with Gasteiger partial charge < -0.3 is 15.5 Å². The Kier molecular flexibility index (Phi) is 3.13. The molecule has 2 atom stereocenters. The molecule has 2 N–H and O–H groups in total. The number of thiocarbonyl (C=S) groups is 1. The smallest absolute Gasteiger partial charge is 0.175 e. The number of anilines is 2. The molecule has 0 spiro atoms. The normalized spacial score (nSPS) is 28.0. The predicted molar refractivity (Wildman–Crippen MR) is 99.8 cm³/mol. The number of rotatable bonds is 1. The Morgan fingerprint density at radius 2 is 1.78 bits per heavy atom. The van der Waals surface area contributed by atoms with Gasteiger partial charge in [0.25, 0.3) is 0 Å². The van der Waals surface area contributed by atoms with E-state index in [9.17, 15) is 0 Å². The fourth-order valence-electron chi connectivity index (χ4n) is 4.06. The molecule has 1 fully saturated rings. The topological polar surface area (TPSA) is 27.3 Å². The molecule has 0 aromatic heterocycles. The molecule has 4 rings (SSSR count). The van der Waals surface area contributed by atoms with E-state index in [1.54, 1.807) is 0 Å². The first kappa shape index (κ1) is 14.5. The second-order valence-corrected chi connectivity index (χ2v) is 7.16. The molecule has 118 valence electrons. The van der Waals surface area contributed by atoms with E-state index in [1.165, 1.54) is 11.3 Å². The van der Waals surface area contributed by atoms with Gasteiger partial charge in [-0.05, 0) is 49.3 Å². The first-order valence-corrected chi connectivity index (χ1v) is 8.47. The van der Waals surface area contributed by atoms with Crippen LogP contribution in [-0.4, -0.2) is 22.2 Å². The lowest BCUT2D eigenvalue weighted by Crippen LogP contribution is -2.57. The number of nitrogens with zero attached hydrogens (tertiary/aromatic N) is 1. The van der Waals surface area contributed by atoms with Crippen LogP contribution in [0.15, 0.2) is 54.6 Å². The van der Waals surface area contributed by atoms with Crippen molar-refractivity contribution in [2.45, 2.75) is 31.3 Å². The van der Waals surface area contributed by atoms with Crippen molar-refractivity contribution in [2.24, 2.45) is 0 Å². The number of benzene rings is 2. The summed E-state index contributed by atoms with van der Waals surface area (Å²) in [5.41, 5.74) is 3.52. The molecule has 0 amide bonds. The minimum atomic E-state index is -0.199. The van der Waals surface area contributed by atoms with Crippen LogP contribution in [0.1, 0.15) is 25.8 Å². The Bertz CT molecular complexity index is 760. The van der Waals surface area contributed by atoms with Crippen LogP contribution in [0.4, 0.5) is 11.4 Å². The summed E-state index contributed by atoms with van der Waals surface area (Å²) in [5, 5.41) is 7.89. The Labute approximate surface area is 142 Å². The van der Waals surface area contributed by atoms with E-state index in [0.717, 1.165) is 23.8 Å². The van der Waals surface area contributed by atoms with Gasteiger partial charge in [-0.1, -0.05) is 43.3 Å². The number of hydrogen-bond donors (Lipinski definition) is 2. The quantitative estimate of drug-likeness (QED) is 0.770. The second kappa shape index (κ2) is 4.96. The Morgan fingerprint density at radius 3 is 2.57 bits per heavy atom. The number of fused-ring (bicyclic) bond motifs is 3. The van der Waals surface area contributed by atoms with Crippen LogP contribution < -0.4 is 10.6 Å². The van der Waals surface area contributed by atoms with Crippen molar-refractivity contribution in [1.29, 1.82) is 0 Å². The zero-order valence-corrected chi connectivity index (χ0v) is 14.3. The van der Waals surface area contributed by atoms with Crippen LogP contribution in [0.5, 0.6) is 0 Å². The Morgan fingerprint density at radius 1 is 1.09 bits per heavy atom. The lowest BCUT2D eigenvalue weighted by Gasteiger charge is -2.42. The molecule has 1 saturated heterocycles. The highest BCUT2D eigenvalue weighted by atomic mass is 32.1. The maximum absolute atomic E-state index is 5.73. The van der Waals surface area contributed by atoms with Crippen molar-refractivity contribution in [3.8, 4) is 0 Å². The van der Waals surface area contributed by atoms with Crippen molar-refractivity contribution in [3.63, 3.8) is 0 Å². The van der Waals surface area contributed by atoms with Crippen LogP contribution in [0.2, 0.25) is 0 Å². The summed E-state index contributed by atoms with van der Waals surface area (Å²) < 4.78 is 0. The number of likely N-dealkylation sites (tertiary alicyclic amines) is 1. The fourth-order valence-corrected chi connectivity index (χ4v) is 4.45. The van der Waals surface area contributed by atoms with Gasteiger partial charge in [0.15, 0.2) is 5.11 Å². The molecule has 2 unspecified atom stereocenters. The van der Waals surface area contributed by atoms with Crippen LogP contribution in [0.3, 0.4) is 0 Å². The maximum atomic E-state index is 5.73. The van der Waals surface area contributed by atoms with Gasteiger partial charge in [0.2, 0.25) is 0 Å². The summed E-state index contributed by atoms with van der Waals surface area (Å²) in [7, 11) is 0.